The van der Waals surface area contributed by atoms with Crippen molar-refractivity contribution in [3.63, 3.8) is 0 Å². The highest BCUT2D eigenvalue weighted by Gasteiger charge is 2.43. The first kappa shape index (κ1) is 13.6. The van der Waals surface area contributed by atoms with E-state index in [1.807, 2.05) is 23.9 Å². The molecule has 3 rings (SSSR count). The van der Waals surface area contributed by atoms with Crippen LogP contribution in [0.4, 0.5) is 0 Å². The molecule has 2 aromatic carbocycles. The van der Waals surface area contributed by atoms with Gasteiger partial charge in [0, 0.05) is 20.6 Å². The maximum absolute atomic E-state index is 10.3. The maximum atomic E-state index is 10.3. The molecule has 0 bridgehead atoms. The van der Waals surface area contributed by atoms with Crippen molar-refractivity contribution in [1.29, 1.82) is 0 Å². The second-order valence-electron chi connectivity index (χ2n) is 6.38. The second-order valence-corrected chi connectivity index (χ2v) is 8.13. The molecule has 2 heteroatoms. The smallest absolute Gasteiger partial charge is 0.119 e. The van der Waals surface area contributed by atoms with E-state index in [1.165, 1.54) is 10.5 Å². The number of hydrogen-bond acceptors (Lipinski definition) is 2. The first-order chi connectivity index (χ1) is 9.42. The Morgan fingerprint density at radius 1 is 0.900 bits per heavy atom. The van der Waals surface area contributed by atoms with Gasteiger partial charge in [-0.05, 0) is 24.1 Å². The average Bonchev–Trinajstić information content (AvgIpc) is 2.37. The molecule has 104 valence electrons. The van der Waals surface area contributed by atoms with Crippen LogP contribution in [0.25, 0.3) is 0 Å². The summed E-state index contributed by atoms with van der Waals surface area (Å²) in [7, 11) is 0. The van der Waals surface area contributed by atoms with Crippen LogP contribution in [-0.2, 0) is 5.41 Å². The SMILES string of the molecule is CC1(C)CC(C)(c2ccccc2O)c2ccccc2S1. The van der Waals surface area contributed by atoms with Gasteiger partial charge in [0.2, 0.25) is 0 Å². The van der Waals surface area contributed by atoms with E-state index < -0.39 is 0 Å². The normalized spacial score (nSPS) is 24.1. The Kier molecular flexibility index (Phi) is 3.09. The largest absolute Gasteiger partial charge is 0.508 e. The van der Waals surface area contributed by atoms with Crippen molar-refractivity contribution in [2.75, 3.05) is 0 Å². The van der Waals surface area contributed by atoms with Gasteiger partial charge in [0.1, 0.15) is 5.75 Å². The zero-order valence-corrected chi connectivity index (χ0v) is 13.0. The molecule has 1 aliphatic rings. The quantitative estimate of drug-likeness (QED) is 0.797. The van der Waals surface area contributed by atoms with Crippen LogP contribution in [0, 0.1) is 0 Å². The summed E-state index contributed by atoms with van der Waals surface area (Å²) in [6.45, 7) is 6.82. The summed E-state index contributed by atoms with van der Waals surface area (Å²) in [5, 5.41) is 10.3. The monoisotopic (exact) mass is 284 g/mol. The number of thioether (sulfide) groups is 1. The van der Waals surface area contributed by atoms with Gasteiger partial charge >= 0.3 is 0 Å². The molecule has 1 nitrogen and oxygen atoms in total. The molecule has 2 aromatic rings. The van der Waals surface area contributed by atoms with Crippen molar-refractivity contribution in [3.05, 3.63) is 59.7 Å². The Hall–Kier alpha value is -1.41. The van der Waals surface area contributed by atoms with Crippen LogP contribution in [0.2, 0.25) is 0 Å². The van der Waals surface area contributed by atoms with E-state index in [0.717, 1.165) is 12.0 Å². The van der Waals surface area contributed by atoms with Gasteiger partial charge in [-0.1, -0.05) is 57.2 Å². The summed E-state index contributed by atoms with van der Waals surface area (Å²) in [5.74, 6) is 0.396. The molecule has 1 N–H and O–H groups in total. The van der Waals surface area contributed by atoms with Crippen LogP contribution in [-0.4, -0.2) is 9.85 Å². The van der Waals surface area contributed by atoms with E-state index in [0.29, 0.717) is 5.75 Å². The summed E-state index contributed by atoms with van der Waals surface area (Å²) < 4.78 is 0.158. The zero-order valence-electron chi connectivity index (χ0n) is 12.2. The summed E-state index contributed by atoms with van der Waals surface area (Å²) in [4.78, 5) is 1.33. The lowest BCUT2D eigenvalue weighted by atomic mass is 9.70. The molecule has 0 spiro atoms. The minimum Gasteiger partial charge on any atom is -0.508 e. The Bertz CT molecular complexity index is 647. The summed E-state index contributed by atoms with van der Waals surface area (Å²) in [5.41, 5.74) is 2.21. The number of phenols is 1. The Labute approximate surface area is 125 Å². The van der Waals surface area contributed by atoms with Gasteiger partial charge in [0.15, 0.2) is 0 Å². The topological polar surface area (TPSA) is 20.2 Å². The number of aromatic hydroxyl groups is 1. The lowest BCUT2D eigenvalue weighted by molar-refractivity contribution is 0.404. The molecule has 0 amide bonds. The van der Waals surface area contributed by atoms with Crippen molar-refractivity contribution in [3.8, 4) is 5.75 Å². The Morgan fingerprint density at radius 3 is 2.20 bits per heavy atom. The van der Waals surface area contributed by atoms with Crippen LogP contribution < -0.4 is 0 Å². The van der Waals surface area contributed by atoms with Gasteiger partial charge in [0.05, 0.1) is 0 Å². The van der Waals surface area contributed by atoms with Gasteiger partial charge in [-0.25, -0.2) is 0 Å². The molecule has 0 aromatic heterocycles. The molecule has 0 saturated carbocycles. The van der Waals surface area contributed by atoms with Crippen LogP contribution in [0.15, 0.2) is 53.4 Å². The first-order valence-electron chi connectivity index (χ1n) is 6.99. The van der Waals surface area contributed by atoms with Crippen molar-refractivity contribution < 1.29 is 5.11 Å². The zero-order chi connectivity index (χ0) is 14.4. The average molecular weight is 284 g/mol. The molecule has 0 radical (unpaired) electrons. The summed E-state index contributed by atoms with van der Waals surface area (Å²) in [6.07, 6.45) is 1.01. The summed E-state index contributed by atoms with van der Waals surface area (Å²) >= 11 is 1.94. The van der Waals surface area contributed by atoms with Gasteiger partial charge in [-0.2, -0.15) is 0 Å². The van der Waals surface area contributed by atoms with Crippen LogP contribution in [0.3, 0.4) is 0 Å². The molecule has 1 heterocycles. The number of hydrogen-bond donors (Lipinski definition) is 1. The fraction of sp³-hybridized carbons (Fsp3) is 0.333. The molecule has 1 aliphatic heterocycles. The predicted octanol–water partition coefficient (Wildman–Crippen LogP) is 4.97. The second kappa shape index (κ2) is 4.56. The number of rotatable bonds is 1. The van der Waals surface area contributed by atoms with Crippen LogP contribution in [0.5, 0.6) is 5.75 Å². The molecule has 0 fully saturated rings. The fourth-order valence-electron chi connectivity index (χ4n) is 3.47. The van der Waals surface area contributed by atoms with Gasteiger partial charge in [0.25, 0.3) is 0 Å². The number of para-hydroxylation sites is 1. The number of phenolic OH excluding ortho intramolecular Hbond substituents is 1. The Morgan fingerprint density at radius 2 is 1.50 bits per heavy atom. The maximum Gasteiger partial charge on any atom is 0.119 e. The Balaban J connectivity index is 2.24. The van der Waals surface area contributed by atoms with E-state index in [4.69, 9.17) is 0 Å². The summed E-state index contributed by atoms with van der Waals surface area (Å²) in [6, 6.07) is 16.3. The minimum atomic E-state index is -0.142. The molecule has 0 aliphatic carbocycles. The van der Waals surface area contributed by atoms with Gasteiger partial charge in [-0.15, -0.1) is 11.8 Å². The molecule has 0 saturated heterocycles. The number of fused-ring (bicyclic) bond motifs is 1. The molecular formula is C18H20OS. The van der Waals surface area contributed by atoms with Gasteiger partial charge in [-0.3, -0.25) is 0 Å². The van der Waals surface area contributed by atoms with E-state index in [2.05, 4.69) is 51.1 Å². The van der Waals surface area contributed by atoms with E-state index in [-0.39, 0.29) is 10.2 Å². The first-order valence-corrected chi connectivity index (χ1v) is 7.81. The van der Waals surface area contributed by atoms with E-state index >= 15 is 0 Å². The molecule has 20 heavy (non-hydrogen) atoms. The third-order valence-corrected chi connectivity index (χ3v) is 5.42. The molecule has 1 atom stereocenters. The molecular weight excluding hydrogens is 264 g/mol. The lowest BCUT2D eigenvalue weighted by Crippen LogP contribution is -2.36. The van der Waals surface area contributed by atoms with E-state index in [1.54, 1.807) is 6.07 Å². The van der Waals surface area contributed by atoms with Crippen LogP contribution in [0.1, 0.15) is 38.3 Å². The van der Waals surface area contributed by atoms with Gasteiger partial charge < -0.3 is 5.11 Å². The highest BCUT2D eigenvalue weighted by Crippen LogP contribution is 2.54. The van der Waals surface area contributed by atoms with Crippen molar-refractivity contribution in [2.24, 2.45) is 0 Å². The molecule has 1 unspecified atom stereocenters. The highest BCUT2D eigenvalue weighted by atomic mass is 32.2. The number of benzene rings is 2. The van der Waals surface area contributed by atoms with Crippen molar-refractivity contribution in [1.82, 2.24) is 0 Å². The van der Waals surface area contributed by atoms with Crippen molar-refractivity contribution in [2.45, 2.75) is 42.2 Å². The van der Waals surface area contributed by atoms with Crippen LogP contribution >= 0.6 is 11.8 Å². The third-order valence-electron chi connectivity index (χ3n) is 4.15. The third kappa shape index (κ3) is 2.12. The fourth-order valence-corrected chi connectivity index (χ4v) is 4.98. The highest BCUT2D eigenvalue weighted by molar-refractivity contribution is 8.00. The minimum absolute atomic E-state index is 0.142. The lowest BCUT2D eigenvalue weighted by Gasteiger charge is -2.44. The predicted molar refractivity (Wildman–Crippen MR) is 85.6 cm³/mol. The standard InChI is InChI=1S/C18H20OS/c1-17(2)12-18(3,13-8-4-6-10-15(13)19)14-9-5-7-11-16(14)20-17/h4-11,19H,12H2,1-3H3. The van der Waals surface area contributed by atoms with Crippen molar-refractivity contribution >= 4 is 11.8 Å². The van der Waals surface area contributed by atoms with E-state index in [9.17, 15) is 5.11 Å².